The Morgan fingerprint density at radius 1 is 1.00 bits per heavy atom. The molecule has 0 amide bonds. The van der Waals surface area contributed by atoms with Crippen LogP contribution in [0.5, 0.6) is 5.88 Å². The van der Waals surface area contributed by atoms with Crippen LogP contribution in [-0.4, -0.2) is 10.1 Å². The van der Waals surface area contributed by atoms with Crippen molar-refractivity contribution >= 4 is 0 Å². The van der Waals surface area contributed by atoms with Crippen LogP contribution in [0.2, 0.25) is 0 Å². The van der Waals surface area contributed by atoms with Crippen molar-refractivity contribution in [2.45, 2.75) is 12.4 Å². The van der Waals surface area contributed by atoms with E-state index in [0.29, 0.717) is 6.20 Å². The third kappa shape index (κ3) is 2.31. The first kappa shape index (κ1) is 11.6. The highest BCUT2D eigenvalue weighted by Gasteiger charge is 2.45. The fourth-order valence-corrected chi connectivity index (χ4v) is 0.966. The maximum atomic E-state index is 12.1. The Hall–Kier alpha value is -1.47. The number of hydrogen-bond acceptors (Lipinski definition) is 2. The van der Waals surface area contributed by atoms with E-state index in [-0.39, 0.29) is 6.07 Å². The van der Waals surface area contributed by atoms with Gasteiger partial charge in [0.05, 0.1) is 5.56 Å². The lowest BCUT2D eigenvalue weighted by Gasteiger charge is -2.15. The normalized spacial score (nSPS) is 12.9. The second-order valence-electron chi connectivity index (χ2n) is 2.55. The molecule has 0 aromatic carbocycles. The Bertz CT molecular complexity index is 369. The van der Waals surface area contributed by atoms with Crippen LogP contribution in [0.1, 0.15) is 11.1 Å². The molecule has 0 fully saturated rings. The number of hydrogen-bond donors (Lipinski definition) is 1. The molecule has 0 unspecified atom stereocenters. The van der Waals surface area contributed by atoms with Gasteiger partial charge in [-0.05, 0) is 6.07 Å². The molecule has 0 aliphatic carbocycles. The molecule has 1 N–H and O–H groups in total. The molecular weight excluding hydrogens is 228 g/mol. The molecule has 0 saturated carbocycles. The van der Waals surface area contributed by atoms with Crippen LogP contribution in [-0.2, 0) is 12.4 Å². The van der Waals surface area contributed by atoms with Gasteiger partial charge in [0.1, 0.15) is 5.56 Å². The highest BCUT2D eigenvalue weighted by molar-refractivity contribution is 5.37. The molecule has 0 spiro atoms. The molecule has 2 nitrogen and oxygen atoms in total. The van der Waals surface area contributed by atoms with E-state index in [1.165, 1.54) is 0 Å². The van der Waals surface area contributed by atoms with Gasteiger partial charge in [-0.25, -0.2) is 4.98 Å². The molecule has 84 valence electrons. The Morgan fingerprint density at radius 3 is 1.87 bits per heavy atom. The molecule has 15 heavy (non-hydrogen) atoms. The SMILES string of the molecule is Oc1nccc(C(F)(F)F)c1C(F)(F)F. The highest BCUT2D eigenvalue weighted by Crippen LogP contribution is 2.43. The zero-order valence-corrected chi connectivity index (χ0v) is 6.82. The largest absolute Gasteiger partial charge is 0.493 e. The standard InChI is InChI=1S/C7H3F6NO/c8-6(9,10)3-1-2-14-5(15)4(3)7(11,12)13/h1-2H,(H,14,15). The van der Waals surface area contributed by atoms with Crippen LogP contribution < -0.4 is 0 Å². The van der Waals surface area contributed by atoms with Crippen molar-refractivity contribution in [3.05, 3.63) is 23.4 Å². The summed E-state index contributed by atoms with van der Waals surface area (Å²) in [4.78, 5) is 2.76. The van der Waals surface area contributed by atoms with E-state index in [2.05, 4.69) is 4.98 Å². The smallest absolute Gasteiger partial charge is 0.422 e. The first-order valence-corrected chi connectivity index (χ1v) is 3.46. The number of aromatic nitrogens is 1. The molecule has 1 heterocycles. The number of halogens is 6. The fraction of sp³-hybridized carbons (Fsp3) is 0.286. The topological polar surface area (TPSA) is 33.1 Å². The minimum Gasteiger partial charge on any atom is -0.493 e. The minimum absolute atomic E-state index is 0.155. The zero-order chi connectivity index (χ0) is 11.9. The molecule has 1 aromatic rings. The van der Waals surface area contributed by atoms with Crippen molar-refractivity contribution in [2.24, 2.45) is 0 Å². The lowest BCUT2D eigenvalue weighted by molar-refractivity contribution is -0.163. The van der Waals surface area contributed by atoms with Gasteiger partial charge < -0.3 is 5.11 Å². The minimum atomic E-state index is -5.30. The Balaban J connectivity index is 3.48. The summed E-state index contributed by atoms with van der Waals surface area (Å²) in [5.41, 5.74) is -4.12. The van der Waals surface area contributed by atoms with E-state index in [1.807, 2.05) is 0 Å². The summed E-state index contributed by atoms with van der Waals surface area (Å²) in [5, 5.41) is 8.66. The summed E-state index contributed by atoms with van der Waals surface area (Å²) >= 11 is 0. The molecular formula is C7H3F6NO. The van der Waals surface area contributed by atoms with Crippen molar-refractivity contribution in [2.75, 3.05) is 0 Å². The third-order valence-electron chi connectivity index (χ3n) is 1.52. The van der Waals surface area contributed by atoms with Gasteiger partial charge in [-0.1, -0.05) is 0 Å². The van der Waals surface area contributed by atoms with E-state index in [0.717, 1.165) is 0 Å². The Labute approximate surface area is 79.2 Å². The first-order valence-electron chi connectivity index (χ1n) is 3.46. The van der Waals surface area contributed by atoms with Crippen molar-refractivity contribution in [1.29, 1.82) is 0 Å². The molecule has 0 radical (unpaired) electrons. The van der Waals surface area contributed by atoms with Gasteiger partial charge in [0.15, 0.2) is 0 Å². The van der Waals surface area contributed by atoms with Gasteiger partial charge in [0.25, 0.3) is 0 Å². The quantitative estimate of drug-likeness (QED) is 0.696. The molecule has 0 saturated heterocycles. The molecule has 0 aliphatic rings. The van der Waals surface area contributed by atoms with Crippen LogP contribution in [0.4, 0.5) is 26.3 Å². The molecule has 8 heteroatoms. The summed E-state index contributed by atoms with van der Waals surface area (Å²) in [6.45, 7) is 0. The number of pyridine rings is 1. The third-order valence-corrected chi connectivity index (χ3v) is 1.52. The van der Waals surface area contributed by atoms with Crippen molar-refractivity contribution in [3.8, 4) is 5.88 Å². The van der Waals surface area contributed by atoms with Crippen LogP contribution in [0.15, 0.2) is 12.3 Å². The number of rotatable bonds is 0. The van der Waals surface area contributed by atoms with E-state index in [4.69, 9.17) is 5.11 Å². The second-order valence-corrected chi connectivity index (χ2v) is 2.55. The lowest BCUT2D eigenvalue weighted by atomic mass is 10.1. The monoisotopic (exact) mass is 231 g/mol. The van der Waals surface area contributed by atoms with Crippen LogP contribution in [0.25, 0.3) is 0 Å². The van der Waals surface area contributed by atoms with E-state index in [9.17, 15) is 26.3 Å². The number of nitrogens with zero attached hydrogens (tertiary/aromatic N) is 1. The van der Waals surface area contributed by atoms with Gasteiger partial charge >= 0.3 is 12.4 Å². The Kier molecular flexibility index (Phi) is 2.54. The average Bonchev–Trinajstić information content (AvgIpc) is 1.99. The summed E-state index contributed by atoms with van der Waals surface area (Å²) in [6, 6.07) is 0.155. The van der Waals surface area contributed by atoms with Gasteiger partial charge in [-0.15, -0.1) is 0 Å². The molecule has 0 bridgehead atoms. The summed E-state index contributed by atoms with van der Waals surface area (Å²) in [6.07, 6.45) is -10.0. The molecule has 1 rings (SSSR count). The van der Waals surface area contributed by atoms with Gasteiger partial charge in [-0.2, -0.15) is 26.3 Å². The highest BCUT2D eigenvalue weighted by atomic mass is 19.4. The summed E-state index contributed by atoms with van der Waals surface area (Å²) < 4.78 is 72.8. The predicted octanol–water partition coefficient (Wildman–Crippen LogP) is 2.82. The predicted molar refractivity (Wildman–Crippen MR) is 35.9 cm³/mol. The maximum Gasteiger partial charge on any atom is 0.422 e. The van der Waals surface area contributed by atoms with Crippen LogP contribution in [0, 0.1) is 0 Å². The fourth-order valence-electron chi connectivity index (χ4n) is 0.966. The lowest BCUT2D eigenvalue weighted by Crippen LogP contribution is -2.17. The van der Waals surface area contributed by atoms with Crippen LogP contribution in [0.3, 0.4) is 0 Å². The number of alkyl halides is 6. The average molecular weight is 231 g/mol. The summed E-state index contributed by atoms with van der Waals surface area (Å²) in [7, 11) is 0. The van der Waals surface area contributed by atoms with Crippen molar-refractivity contribution < 1.29 is 31.4 Å². The molecule has 0 aliphatic heterocycles. The van der Waals surface area contributed by atoms with Crippen molar-refractivity contribution in [1.82, 2.24) is 4.98 Å². The molecule has 0 atom stereocenters. The second kappa shape index (κ2) is 3.28. The Morgan fingerprint density at radius 2 is 1.53 bits per heavy atom. The van der Waals surface area contributed by atoms with Gasteiger partial charge in [0, 0.05) is 6.20 Å². The number of aromatic hydroxyl groups is 1. The van der Waals surface area contributed by atoms with Gasteiger partial charge in [0.2, 0.25) is 5.88 Å². The first-order chi connectivity index (χ1) is 6.64. The van der Waals surface area contributed by atoms with Crippen LogP contribution >= 0.6 is 0 Å². The van der Waals surface area contributed by atoms with Crippen molar-refractivity contribution in [3.63, 3.8) is 0 Å². The summed E-state index contributed by atoms with van der Waals surface area (Å²) in [5.74, 6) is -1.68. The van der Waals surface area contributed by atoms with Gasteiger partial charge in [-0.3, -0.25) is 0 Å². The van der Waals surface area contributed by atoms with E-state index in [1.54, 1.807) is 0 Å². The van der Waals surface area contributed by atoms with E-state index >= 15 is 0 Å². The molecule has 1 aromatic heterocycles. The maximum absolute atomic E-state index is 12.1. The zero-order valence-electron chi connectivity index (χ0n) is 6.82. The van der Waals surface area contributed by atoms with E-state index < -0.39 is 29.4 Å².